The quantitative estimate of drug-likeness (QED) is 0.765. The summed E-state index contributed by atoms with van der Waals surface area (Å²) in [5.74, 6) is -1.03. The normalized spacial score (nSPS) is 11.6. The molecule has 0 bridgehead atoms. The molecule has 0 fully saturated rings. The van der Waals surface area contributed by atoms with Crippen LogP contribution >= 0.6 is 15.9 Å². The first kappa shape index (κ1) is 18.1. The minimum absolute atomic E-state index is 0.0772. The molecule has 0 aliphatic carbocycles. The van der Waals surface area contributed by atoms with Crippen molar-refractivity contribution < 1.29 is 14.3 Å². The Balaban J connectivity index is 1.88. The number of benzene rings is 1. The monoisotopic (exact) mass is 391 g/mol. The van der Waals surface area contributed by atoms with Gasteiger partial charge in [-0.25, -0.2) is 9.78 Å². The molecular formula is C17H18BrN3O3. The largest absolute Gasteiger partial charge is 0.451 e. The lowest BCUT2D eigenvalue weighted by atomic mass is 10.0. The third kappa shape index (κ3) is 5.13. The van der Waals surface area contributed by atoms with E-state index in [0.717, 1.165) is 16.5 Å². The van der Waals surface area contributed by atoms with Crippen molar-refractivity contribution in [3.05, 3.63) is 58.1 Å². The maximum absolute atomic E-state index is 12.0. The molecule has 0 saturated carbocycles. The van der Waals surface area contributed by atoms with Crippen LogP contribution in [0.3, 0.4) is 0 Å². The van der Waals surface area contributed by atoms with E-state index in [1.54, 1.807) is 6.92 Å². The summed E-state index contributed by atoms with van der Waals surface area (Å²) in [6, 6.07) is 7.57. The van der Waals surface area contributed by atoms with Gasteiger partial charge >= 0.3 is 5.97 Å². The number of halogens is 1. The van der Waals surface area contributed by atoms with Crippen LogP contribution < -0.4 is 5.32 Å². The lowest BCUT2D eigenvalue weighted by Crippen LogP contribution is -2.32. The Kier molecular flexibility index (Phi) is 6.43. The van der Waals surface area contributed by atoms with Crippen molar-refractivity contribution in [3.63, 3.8) is 0 Å². The summed E-state index contributed by atoms with van der Waals surface area (Å²) in [6.45, 7) is 3.38. The maximum atomic E-state index is 12.0. The second kappa shape index (κ2) is 8.54. The van der Waals surface area contributed by atoms with Gasteiger partial charge in [-0.1, -0.05) is 35.0 Å². The Morgan fingerprint density at radius 2 is 1.92 bits per heavy atom. The molecule has 1 heterocycles. The Hall–Kier alpha value is -2.28. The molecule has 2 aromatic rings. The number of nitrogens with zero attached hydrogens (tertiary/aromatic N) is 2. The molecule has 0 aliphatic rings. The summed E-state index contributed by atoms with van der Waals surface area (Å²) in [7, 11) is 0. The Bertz CT molecular complexity index is 702. The summed E-state index contributed by atoms with van der Waals surface area (Å²) >= 11 is 3.38. The van der Waals surface area contributed by atoms with Crippen molar-refractivity contribution in [2.75, 3.05) is 6.61 Å². The number of hydrogen-bond acceptors (Lipinski definition) is 5. The molecule has 24 heavy (non-hydrogen) atoms. The van der Waals surface area contributed by atoms with Gasteiger partial charge in [0.15, 0.2) is 12.3 Å². The van der Waals surface area contributed by atoms with Crippen molar-refractivity contribution in [2.45, 2.75) is 26.3 Å². The van der Waals surface area contributed by atoms with Crippen LogP contribution in [0, 0.1) is 6.92 Å². The number of amides is 1. The van der Waals surface area contributed by atoms with E-state index in [-0.39, 0.29) is 24.2 Å². The molecule has 2 rings (SSSR count). The highest BCUT2D eigenvalue weighted by Crippen LogP contribution is 2.19. The average Bonchev–Trinajstić information content (AvgIpc) is 2.59. The first-order valence-electron chi connectivity index (χ1n) is 7.50. The molecule has 0 saturated heterocycles. The fraction of sp³-hybridized carbons (Fsp3) is 0.294. The Morgan fingerprint density at radius 1 is 1.21 bits per heavy atom. The molecule has 1 N–H and O–H groups in total. The van der Waals surface area contributed by atoms with E-state index in [2.05, 4.69) is 31.2 Å². The standard InChI is InChI=1S/C17H18BrN3O3/c1-3-14(12-4-6-13(18)7-5-12)21-16(22)10-24-17(23)15-9-19-11(2)8-20-15/h4-9,14H,3,10H2,1-2H3,(H,21,22)/t14-/m1/s1. The molecule has 6 nitrogen and oxygen atoms in total. The highest BCUT2D eigenvalue weighted by atomic mass is 79.9. The van der Waals surface area contributed by atoms with Crippen molar-refractivity contribution in [1.29, 1.82) is 0 Å². The third-order valence-electron chi connectivity index (χ3n) is 3.34. The van der Waals surface area contributed by atoms with Gasteiger partial charge in [0.25, 0.3) is 5.91 Å². The molecule has 1 atom stereocenters. The summed E-state index contributed by atoms with van der Waals surface area (Å²) < 4.78 is 5.94. The van der Waals surface area contributed by atoms with Gasteiger partial charge in [0.2, 0.25) is 0 Å². The SMILES string of the molecule is CC[C@@H](NC(=O)COC(=O)c1cnc(C)cn1)c1ccc(Br)cc1. The van der Waals surface area contributed by atoms with Gasteiger partial charge in [0, 0.05) is 10.7 Å². The van der Waals surface area contributed by atoms with Crippen LogP contribution in [0.2, 0.25) is 0 Å². The first-order valence-corrected chi connectivity index (χ1v) is 8.29. The highest BCUT2D eigenvalue weighted by Gasteiger charge is 2.15. The van der Waals surface area contributed by atoms with E-state index in [1.165, 1.54) is 12.4 Å². The van der Waals surface area contributed by atoms with Gasteiger partial charge in [-0.3, -0.25) is 9.78 Å². The summed E-state index contributed by atoms with van der Waals surface area (Å²) in [6.07, 6.45) is 3.52. The van der Waals surface area contributed by atoms with E-state index < -0.39 is 5.97 Å². The summed E-state index contributed by atoms with van der Waals surface area (Å²) in [5, 5.41) is 2.85. The van der Waals surface area contributed by atoms with E-state index >= 15 is 0 Å². The second-order valence-electron chi connectivity index (χ2n) is 5.20. The molecule has 1 aromatic heterocycles. The zero-order chi connectivity index (χ0) is 17.5. The van der Waals surface area contributed by atoms with Crippen LogP contribution in [0.25, 0.3) is 0 Å². The van der Waals surface area contributed by atoms with Crippen LogP contribution in [0.4, 0.5) is 0 Å². The topological polar surface area (TPSA) is 81.2 Å². The minimum atomic E-state index is -0.672. The predicted octanol–water partition coefficient (Wildman–Crippen LogP) is 2.97. The molecular weight excluding hydrogens is 374 g/mol. The van der Waals surface area contributed by atoms with Gasteiger partial charge in [0.05, 0.1) is 17.9 Å². The molecule has 7 heteroatoms. The number of nitrogens with one attached hydrogen (secondary N) is 1. The maximum Gasteiger partial charge on any atom is 0.359 e. The van der Waals surface area contributed by atoms with Gasteiger partial charge < -0.3 is 10.1 Å². The van der Waals surface area contributed by atoms with Gasteiger partial charge in [0.1, 0.15) is 0 Å². The summed E-state index contributed by atoms with van der Waals surface area (Å²) in [5.41, 5.74) is 1.77. The minimum Gasteiger partial charge on any atom is -0.451 e. The molecule has 0 spiro atoms. The van der Waals surface area contributed by atoms with E-state index in [9.17, 15) is 9.59 Å². The molecule has 1 amide bonds. The van der Waals surface area contributed by atoms with Crippen LogP contribution in [0.1, 0.15) is 41.1 Å². The molecule has 0 aliphatic heterocycles. The van der Waals surface area contributed by atoms with Gasteiger partial charge in [-0.15, -0.1) is 0 Å². The summed E-state index contributed by atoms with van der Waals surface area (Å²) in [4.78, 5) is 31.7. The van der Waals surface area contributed by atoms with Crippen LogP contribution in [0.15, 0.2) is 41.1 Å². The number of carbonyl (C=O) groups excluding carboxylic acids is 2. The zero-order valence-corrected chi connectivity index (χ0v) is 15.0. The number of aromatic nitrogens is 2. The lowest BCUT2D eigenvalue weighted by Gasteiger charge is -2.17. The lowest BCUT2D eigenvalue weighted by molar-refractivity contribution is -0.125. The third-order valence-corrected chi connectivity index (χ3v) is 3.87. The number of esters is 1. The molecule has 0 unspecified atom stereocenters. The van der Waals surface area contributed by atoms with E-state index in [4.69, 9.17) is 4.74 Å². The second-order valence-corrected chi connectivity index (χ2v) is 6.11. The Morgan fingerprint density at radius 3 is 2.50 bits per heavy atom. The van der Waals surface area contributed by atoms with Crippen molar-refractivity contribution >= 4 is 27.8 Å². The number of hydrogen-bond donors (Lipinski definition) is 1. The van der Waals surface area contributed by atoms with Crippen molar-refractivity contribution in [3.8, 4) is 0 Å². The number of carbonyl (C=O) groups is 2. The first-order chi connectivity index (χ1) is 11.5. The average molecular weight is 392 g/mol. The van der Waals surface area contributed by atoms with Gasteiger partial charge in [-0.2, -0.15) is 0 Å². The van der Waals surface area contributed by atoms with Crippen LogP contribution in [-0.2, 0) is 9.53 Å². The zero-order valence-electron chi connectivity index (χ0n) is 13.5. The molecule has 0 radical (unpaired) electrons. The highest BCUT2D eigenvalue weighted by molar-refractivity contribution is 9.10. The fourth-order valence-corrected chi connectivity index (χ4v) is 2.32. The fourth-order valence-electron chi connectivity index (χ4n) is 2.06. The van der Waals surface area contributed by atoms with E-state index in [1.807, 2.05) is 31.2 Å². The smallest absolute Gasteiger partial charge is 0.359 e. The number of aryl methyl sites for hydroxylation is 1. The van der Waals surface area contributed by atoms with E-state index in [0.29, 0.717) is 5.69 Å². The molecule has 126 valence electrons. The van der Waals surface area contributed by atoms with Crippen molar-refractivity contribution in [1.82, 2.24) is 15.3 Å². The van der Waals surface area contributed by atoms with Gasteiger partial charge in [-0.05, 0) is 31.0 Å². The van der Waals surface area contributed by atoms with Crippen LogP contribution in [0.5, 0.6) is 0 Å². The van der Waals surface area contributed by atoms with Crippen LogP contribution in [-0.4, -0.2) is 28.5 Å². The number of rotatable bonds is 6. The Labute approximate surface area is 148 Å². The molecule has 1 aromatic carbocycles. The predicted molar refractivity (Wildman–Crippen MR) is 92.4 cm³/mol. The van der Waals surface area contributed by atoms with Crippen molar-refractivity contribution in [2.24, 2.45) is 0 Å². The number of ether oxygens (including phenoxy) is 1.